The average Bonchev–Trinajstić information content (AvgIpc) is 3.06. The highest BCUT2D eigenvalue weighted by Crippen LogP contribution is 2.28. The quantitative estimate of drug-likeness (QED) is 0.594. The lowest BCUT2D eigenvalue weighted by atomic mass is 10.1. The molecule has 0 aliphatic rings. The lowest BCUT2D eigenvalue weighted by Gasteiger charge is -2.18. The number of rotatable bonds is 3. The van der Waals surface area contributed by atoms with E-state index in [1.807, 2.05) is 56.4 Å². The largest absolute Gasteiger partial charge is 0.360 e. The van der Waals surface area contributed by atoms with Crippen molar-refractivity contribution in [2.24, 2.45) is 5.73 Å². The van der Waals surface area contributed by atoms with Gasteiger partial charge in [-0.1, -0.05) is 18.2 Å². The highest BCUT2D eigenvalue weighted by atomic mass is 16.1. The fourth-order valence-electron chi connectivity index (χ4n) is 3.45. The third kappa shape index (κ3) is 2.44. The molecule has 2 heterocycles. The summed E-state index contributed by atoms with van der Waals surface area (Å²) in [5.41, 5.74) is 12.0. The Kier molecular flexibility index (Phi) is 3.89. The number of fused-ring (bicyclic) bond motifs is 2. The monoisotopic (exact) mass is 346 g/mol. The molecule has 0 bridgehead atoms. The Labute approximate surface area is 151 Å². The number of benzene rings is 2. The predicted molar refractivity (Wildman–Crippen MR) is 107 cm³/mol. The molecular weight excluding hydrogens is 324 g/mol. The molecule has 132 valence electrons. The SMILES string of the molecule is Cc1cc2nc(-c3c[nH]c4ccccc34)c(=O)n(C(C)CN)c2cc1C. The second-order valence-corrected chi connectivity index (χ2v) is 6.89. The second kappa shape index (κ2) is 6.11. The zero-order valence-electron chi connectivity index (χ0n) is 15.2. The van der Waals surface area contributed by atoms with Crippen molar-refractivity contribution in [1.29, 1.82) is 0 Å². The molecule has 2 aromatic carbocycles. The molecule has 5 heteroatoms. The molecule has 0 aliphatic heterocycles. The zero-order valence-corrected chi connectivity index (χ0v) is 15.2. The van der Waals surface area contributed by atoms with E-state index >= 15 is 0 Å². The van der Waals surface area contributed by atoms with Crippen LogP contribution in [0.25, 0.3) is 33.2 Å². The van der Waals surface area contributed by atoms with Crippen LogP contribution in [0.5, 0.6) is 0 Å². The minimum absolute atomic E-state index is 0.108. The van der Waals surface area contributed by atoms with E-state index in [1.165, 1.54) is 0 Å². The van der Waals surface area contributed by atoms with Gasteiger partial charge in [0.1, 0.15) is 5.69 Å². The Morgan fingerprint density at radius 2 is 1.92 bits per heavy atom. The van der Waals surface area contributed by atoms with Crippen LogP contribution in [0.15, 0.2) is 47.4 Å². The topological polar surface area (TPSA) is 76.7 Å². The number of nitrogens with one attached hydrogen (secondary N) is 1. The van der Waals surface area contributed by atoms with Gasteiger partial charge in [0, 0.05) is 35.2 Å². The maximum Gasteiger partial charge on any atom is 0.277 e. The normalized spacial score (nSPS) is 12.8. The highest BCUT2D eigenvalue weighted by Gasteiger charge is 2.19. The Morgan fingerprint density at radius 1 is 1.19 bits per heavy atom. The molecule has 1 unspecified atom stereocenters. The van der Waals surface area contributed by atoms with Gasteiger partial charge in [0.15, 0.2) is 0 Å². The van der Waals surface area contributed by atoms with Crippen molar-refractivity contribution >= 4 is 21.9 Å². The number of aromatic nitrogens is 3. The van der Waals surface area contributed by atoms with Gasteiger partial charge in [0.25, 0.3) is 5.56 Å². The predicted octanol–water partition coefficient (Wildman–Crippen LogP) is 3.68. The summed E-state index contributed by atoms with van der Waals surface area (Å²) < 4.78 is 1.78. The summed E-state index contributed by atoms with van der Waals surface area (Å²) in [6.45, 7) is 6.46. The summed E-state index contributed by atoms with van der Waals surface area (Å²) in [5, 5.41) is 0.993. The maximum absolute atomic E-state index is 13.4. The lowest BCUT2D eigenvalue weighted by Crippen LogP contribution is -2.30. The standard InChI is InChI=1S/C21H22N4O/c1-12-8-18-19(9-13(12)2)25(14(3)10-22)21(26)20(24-18)16-11-23-17-7-5-4-6-15(16)17/h4-9,11,14,23H,10,22H2,1-3H3. The van der Waals surface area contributed by atoms with Crippen LogP contribution in [-0.2, 0) is 0 Å². The van der Waals surface area contributed by atoms with Crippen molar-refractivity contribution in [3.8, 4) is 11.3 Å². The van der Waals surface area contributed by atoms with Gasteiger partial charge in [0.2, 0.25) is 0 Å². The maximum atomic E-state index is 13.4. The summed E-state index contributed by atoms with van der Waals surface area (Å²) in [5.74, 6) is 0. The van der Waals surface area contributed by atoms with E-state index in [0.29, 0.717) is 12.2 Å². The van der Waals surface area contributed by atoms with Gasteiger partial charge in [-0.3, -0.25) is 4.79 Å². The first-order valence-corrected chi connectivity index (χ1v) is 8.81. The Hall–Kier alpha value is -2.92. The van der Waals surface area contributed by atoms with E-state index in [4.69, 9.17) is 10.7 Å². The van der Waals surface area contributed by atoms with E-state index in [2.05, 4.69) is 11.9 Å². The van der Waals surface area contributed by atoms with Crippen LogP contribution >= 0.6 is 0 Å². The van der Waals surface area contributed by atoms with E-state index in [1.54, 1.807) is 4.57 Å². The highest BCUT2D eigenvalue weighted by molar-refractivity contribution is 5.95. The van der Waals surface area contributed by atoms with Crippen LogP contribution in [0.1, 0.15) is 24.1 Å². The number of aryl methyl sites for hydroxylation is 2. The van der Waals surface area contributed by atoms with E-state index in [9.17, 15) is 4.79 Å². The molecule has 4 aromatic rings. The molecule has 0 radical (unpaired) electrons. The number of aromatic amines is 1. The molecule has 0 saturated heterocycles. The van der Waals surface area contributed by atoms with Crippen LogP contribution in [0.2, 0.25) is 0 Å². The zero-order chi connectivity index (χ0) is 18.4. The number of para-hydroxylation sites is 1. The summed E-state index contributed by atoms with van der Waals surface area (Å²) in [6, 6.07) is 11.9. The second-order valence-electron chi connectivity index (χ2n) is 6.89. The van der Waals surface area contributed by atoms with Gasteiger partial charge in [-0.25, -0.2) is 4.98 Å². The molecule has 0 saturated carbocycles. The summed E-state index contributed by atoms with van der Waals surface area (Å²) in [6.07, 6.45) is 1.86. The molecule has 0 spiro atoms. The van der Waals surface area contributed by atoms with Gasteiger partial charge >= 0.3 is 0 Å². The lowest BCUT2D eigenvalue weighted by molar-refractivity contribution is 0.558. The van der Waals surface area contributed by atoms with Crippen LogP contribution in [0, 0.1) is 13.8 Å². The molecule has 26 heavy (non-hydrogen) atoms. The number of hydrogen-bond acceptors (Lipinski definition) is 3. The molecular formula is C21H22N4O. The Morgan fingerprint density at radius 3 is 2.69 bits per heavy atom. The fraction of sp³-hybridized carbons (Fsp3) is 0.238. The summed E-state index contributed by atoms with van der Waals surface area (Å²) in [7, 11) is 0. The van der Waals surface area contributed by atoms with Gasteiger partial charge in [0.05, 0.1) is 11.0 Å². The van der Waals surface area contributed by atoms with Crippen molar-refractivity contribution < 1.29 is 0 Å². The minimum atomic E-state index is -0.112. The number of nitrogens with zero attached hydrogens (tertiary/aromatic N) is 2. The van der Waals surface area contributed by atoms with Crippen molar-refractivity contribution in [1.82, 2.24) is 14.5 Å². The van der Waals surface area contributed by atoms with Gasteiger partial charge in [-0.05, 0) is 50.1 Å². The molecule has 0 aliphatic carbocycles. The fourth-order valence-corrected chi connectivity index (χ4v) is 3.45. The van der Waals surface area contributed by atoms with Gasteiger partial charge in [-0.2, -0.15) is 0 Å². The van der Waals surface area contributed by atoms with Crippen LogP contribution < -0.4 is 11.3 Å². The van der Waals surface area contributed by atoms with Crippen molar-refractivity contribution in [2.45, 2.75) is 26.8 Å². The molecule has 1 atom stereocenters. The van der Waals surface area contributed by atoms with Crippen LogP contribution in [0.3, 0.4) is 0 Å². The smallest absolute Gasteiger partial charge is 0.277 e. The van der Waals surface area contributed by atoms with E-state index in [0.717, 1.165) is 38.6 Å². The van der Waals surface area contributed by atoms with Crippen molar-refractivity contribution in [3.63, 3.8) is 0 Å². The van der Waals surface area contributed by atoms with Gasteiger partial charge < -0.3 is 15.3 Å². The molecule has 3 N–H and O–H groups in total. The molecule has 2 aromatic heterocycles. The minimum Gasteiger partial charge on any atom is -0.360 e. The first-order chi connectivity index (χ1) is 12.5. The third-order valence-corrected chi connectivity index (χ3v) is 5.13. The summed E-state index contributed by atoms with van der Waals surface area (Å²) >= 11 is 0. The Bertz CT molecular complexity index is 1190. The molecule has 0 fully saturated rings. The number of nitrogens with two attached hydrogens (primary N) is 1. The first-order valence-electron chi connectivity index (χ1n) is 8.81. The molecule has 4 rings (SSSR count). The molecule has 0 amide bonds. The Balaban J connectivity index is 2.12. The molecule has 5 nitrogen and oxygen atoms in total. The van der Waals surface area contributed by atoms with Crippen LogP contribution in [0.4, 0.5) is 0 Å². The number of hydrogen-bond donors (Lipinski definition) is 2. The third-order valence-electron chi connectivity index (χ3n) is 5.13. The van der Waals surface area contributed by atoms with E-state index < -0.39 is 0 Å². The van der Waals surface area contributed by atoms with Crippen LogP contribution in [-0.4, -0.2) is 21.1 Å². The van der Waals surface area contributed by atoms with E-state index in [-0.39, 0.29) is 11.6 Å². The van der Waals surface area contributed by atoms with Gasteiger partial charge in [-0.15, -0.1) is 0 Å². The number of H-pyrrole nitrogens is 1. The van der Waals surface area contributed by atoms with Crippen molar-refractivity contribution in [3.05, 3.63) is 64.1 Å². The average molecular weight is 346 g/mol. The van der Waals surface area contributed by atoms with Crippen molar-refractivity contribution in [2.75, 3.05) is 6.54 Å². The summed E-state index contributed by atoms with van der Waals surface area (Å²) in [4.78, 5) is 21.3. The first kappa shape index (κ1) is 16.5.